The number of fused-ring (bicyclic) bond motifs is 1. The van der Waals surface area contributed by atoms with Crippen LogP contribution in [0.2, 0.25) is 0 Å². The number of benzene rings is 1. The Morgan fingerprint density at radius 1 is 1.12 bits per heavy atom. The lowest BCUT2D eigenvalue weighted by molar-refractivity contribution is 0.428. The number of hydrogen-bond acceptors (Lipinski definition) is 3. The Bertz CT molecular complexity index is 695. The maximum atomic E-state index is 4.61. The Kier molecular flexibility index (Phi) is 6.82. The van der Waals surface area contributed by atoms with Gasteiger partial charge in [-0.1, -0.05) is 12.1 Å². The maximum Gasteiger partial charge on any atom is 0.191 e. The molecule has 0 amide bonds. The molecule has 25 heavy (non-hydrogen) atoms. The van der Waals surface area contributed by atoms with E-state index in [1.165, 1.54) is 5.52 Å². The SMILES string of the molecule is CN=C(NCCCn1c(C)nc2ccccc21)NCCNC(C)(C)C. The molecule has 2 rings (SSSR count). The highest BCUT2D eigenvalue weighted by Gasteiger charge is 2.08. The minimum absolute atomic E-state index is 0.143. The summed E-state index contributed by atoms with van der Waals surface area (Å²) in [5, 5.41) is 10.2. The molecular weight excluding hydrogens is 312 g/mol. The zero-order valence-corrected chi connectivity index (χ0v) is 16.2. The molecule has 6 nitrogen and oxygen atoms in total. The molecule has 0 unspecified atom stereocenters. The third-order valence-electron chi connectivity index (χ3n) is 3.99. The summed E-state index contributed by atoms with van der Waals surface area (Å²) in [6.45, 7) is 12.1. The van der Waals surface area contributed by atoms with Gasteiger partial charge in [0.25, 0.3) is 0 Å². The van der Waals surface area contributed by atoms with Gasteiger partial charge in [-0.25, -0.2) is 4.98 Å². The van der Waals surface area contributed by atoms with E-state index in [4.69, 9.17) is 0 Å². The average Bonchev–Trinajstić information content (AvgIpc) is 2.88. The average molecular weight is 345 g/mol. The lowest BCUT2D eigenvalue weighted by atomic mass is 10.1. The van der Waals surface area contributed by atoms with Crippen LogP contribution in [0.4, 0.5) is 0 Å². The van der Waals surface area contributed by atoms with Gasteiger partial charge in [-0.3, -0.25) is 4.99 Å². The third-order valence-corrected chi connectivity index (χ3v) is 3.99. The van der Waals surface area contributed by atoms with Crippen molar-refractivity contribution in [3.63, 3.8) is 0 Å². The molecular formula is C19H32N6. The van der Waals surface area contributed by atoms with E-state index < -0.39 is 0 Å². The van der Waals surface area contributed by atoms with Crippen molar-refractivity contribution in [1.82, 2.24) is 25.5 Å². The molecule has 0 saturated heterocycles. The van der Waals surface area contributed by atoms with E-state index in [-0.39, 0.29) is 5.54 Å². The van der Waals surface area contributed by atoms with Crippen LogP contribution < -0.4 is 16.0 Å². The number of aromatic nitrogens is 2. The number of aliphatic imine (C=N–C) groups is 1. The molecule has 0 fully saturated rings. The molecule has 0 aliphatic rings. The number of aryl methyl sites for hydroxylation is 2. The predicted octanol–water partition coefficient (Wildman–Crippen LogP) is 2.29. The molecule has 0 atom stereocenters. The summed E-state index contributed by atoms with van der Waals surface area (Å²) < 4.78 is 2.28. The summed E-state index contributed by atoms with van der Waals surface area (Å²) in [5.41, 5.74) is 2.41. The largest absolute Gasteiger partial charge is 0.356 e. The fraction of sp³-hybridized carbons (Fsp3) is 0.579. The topological polar surface area (TPSA) is 66.3 Å². The third kappa shape index (κ3) is 6.05. The fourth-order valence-corrected chi connectivity index (χ4v) is 2.76. The first-order chi connectivity index (χ1) is 11.9. The van der Waals surface area contributed by atoms with Crippen molar-refractivity contribution >= 4 is 17.0 Å². The predicted molar refractivity (Wildman–Crippen MR) is 106 cm³/mol. The molecule has 0 saturated carbocycles. The second kappa shape index (κ2) is 8.85. The normalized spacial score (nSPS) is 12.6. The van der Waals surface area contributed by atoms with E-state index in [0.717, 1.165) is 49.9 Å². The van der Waals surface area contributed by atoms with Gasteiger partial charge in [0, 0.05) is 38.8 Å². The molecule has 2 aromatic rings. The van der Waals surface area contributed by atoms with E-state index in [2.05, 4.69) is 76.4 Å². The highest BCUT2D eigenvalue weighted by Crippen LogP contribution is 2.15. The number of guanidine groups is 1. The summed E-state index contributed by atoms with van der Waals surface area (Å²) >= 11 is 0. The highest BCUT2D eigenvalue weighted by molar-refractivity contribution is 5.79. The number of nitrogens with zero attached hydrogens (tertiary/aromatic N) is 3. The maximum absolute atomic E-state index is 4.61. The summed E-state index contributed by atoms with van der Waals surface area (Å²) in [5.74, 6) is 1.92. The second-order valence-electron chi connectivity index (χ2n) is 7.26. The molecule has 138 valence electrons. The Morgan fingerprint density at radius 3 is 2.56 bits per heavy atom. The lowest BCUT2D eigenvalue weighted by Crippen LogP contribution is -2.44. The van der Waals surface area contributed by atoms with Crippen molar-refractivity contribution in [2.75, 3.05) is 26.7 Å². The Morgan fingerprint density at radius 2 is 1.84 bits per heavy atom. The minimum atomic E-state index is 0.143. The summed E-state index contributed by atoms with van der Waals surface area (Å²) in [6.07, 6.45) is 1.02. The second-order valence-corrected chi connectivity index (χ2v) is 7.26. The van der Waals surface area contributed by atoms with Crippen molar-refractivity contribution in [3.8, 4) is 0 Å². The van der Waals surface area contributed by atoms with Crippen LogP contribution in [0.1, 0.15) is 33.0 Å². The van der Waals surface area contributed by atoms with Gasteiger partial charge >= 0.3 is 0 Å². The van der Waals surface area contributed by atoms with Gasteiger partial charge in [0.1, 0.15) is 5.82 Å². The molecule has 1 aromatic heterocycles. The monoisotopic (exact) mass is 344 g/mol. The van der Waals surface area contributed by atoms with Crippen LogP contribution in [0.5, 0.6) is 0 Å². The van der Waals surface area contributed by atoms with Gasteiger partial charge in [0.05, 0.1) is 11.0 Å². The number of para-hydroxylation sites is 2. The number of rotatable bonds is 7. The van der Waals surface area contributed by atoms with Gasteiger partial charge in [0.15, 0.2) is 5.96 Å². The van der Waals surface area contributed by atoms with E-state index >= 15 is 0 Å². The summed E-state index contributed by atoms with van der Waals surface area (Å²) in [7, 11) is 1.81. The van der Waals surface area contributed by atoms with Crippen LogP contribution in [0.25, 0.3) is 11.0 Å². The molecule has 1 heterocycles. The molecule has 3 N–H and O–H groups in total. The van der Waals surface area contributed by atoms with Crippen LogP contribution in [-0.4, -0.2) is 47.7 Å². The number of imidazole rings is 1. The standard InChI is InChI=1S/C19H32N6/c1-15-24-16-9-6-7-10-17(16)25(15)14-8-11-21-18(20-5)22-12-13-23-19(2,3)4/h6-7,9-10,23H,8,11-14H2,1-5H3,(H2,20,21,22). The quantitative estimate of drug-likeness (QED) is 0.410. The Balaban J connectivity index is 1.73. The molecule has 0 spiro atoms. The molecule has 0 aliphatic carbocycles. The van der Waals surface area contributed by atoms with Crippen molar-refractivity contribution in [2.45, 2.75) is 46.2 Å². The molecule has 1 aromatic carbocycles. The van der Waals surface area contributed by atoms with Gasteiger partial charge in [0.2, 0.25) is 0 Å². The van der Waals surface area contributed by atoms with Crippen molar-refractivity contribution in [1.29, 1.82) is 0 Å². The van der Waals surface area contributed by atoms with Crippen LogP contribution in [0.15, 0.2) is 29.3 Å². The van der Waals surface area contributed by atoms with Gasteiger partial charge < -0.3 is 20.5 Å². The first-order valence-corrected chi connectivity index (χ1v) is 9.02. The Hall–Kier alpha value is -2.08. The van der Waals surface area contributed by atoms with Gasteiger partial charge in [-0.2, -0.15) is 0 Å². The first kappa shape index (κ1) is 19.2. The minimum Gasteiger partial charge on any atom is -0.356 e. The van der Waals surface area contributed by atoms with Crippen molar-refractivity contribution in [2.24, 2.45) is 4.99 Å². The Labute approximate surface area is 151 Å². The van der Waals surface area contributed by atoms with E-state index in [1.54, 1.807) is 7.05 Å². The number of nitrogens with one attached hydrogen (secondary N) is 3. The van der Waals surface area contributed by atoms with Gasteiger partial charge in [-0.05, 0) is 46.2 Å². The molecule has 6 heteroatoms. The van der Waals surface area contributed by atoms with Crippen LogP contribution in [-0.2, 0) is 6.54 Å². The van der Waals surface area contributed by atoms with E-state index in [9.17, 15) is 0 Å². The zero-order chi connectivity index (χ0) is 18.3. The van der Waals surface area contributed by atoms with Crippen LogP contribution in [0, 0.1) is 6.92 Å². The molecule has 0 aliphatic heterocycles. The van der Waals surface area contributed by atoms with E-state index in [0.29, 0.717) is 0 Å². The first-order valence-electron chi connectivity index (χ1n) is 9.02. The fourth-order valence-electron chi connectivity index (χ4n) is 2.76. The zero-order valence-electron chi connectivity index (χ0n) is 16.2. The molecule has 0 bridgehead atoms. The van der Waals surface area contributed by atoms with Crippen LogP contribution in [0.3, 0.4) is 0 Å². The van der Waals surface area contributed by atoms with Crippen molar-refractivity contribution in [3.05, 3.63) is 30.1 Å². The van der Waals surface area contributed by atoms with Crippen LogP contribution >= 0.6 is 0 Å². The molecule has 0 radical (unpaired) electrons. The number of hydrogen-bond donors (Lipinski definition) is 3. The smallest absolute Gasteiger partial charge is 0.191 e. The van der Waals surface area contributed by atoms with Gasteiger partial charge in [-0.15, -0.1) is 0 Å². The van der Waals surface area contributed by atoms with Crippen molar-refractivity contribution < 1.29 is 0 Å². The summed E-state index contributed by atoms with van der Waals surface area (Å²) in [4.78, 5) is 8.88. The van der Waals surface area contributed by atoms with E-state index in [1.807, 2.05) is 6.07 Å². The highest BCUT2D eigenvalue weighted by atomic mass is 15.2. The lowest BCUT2D eigenvalue weighted by Gasteiger charge is -2.21. The summed E-state index contributed by atoms with van der Waals surface area (Å²) in [6, 6.07) is 8.29.